The van der Waals surface area contributed by atoms with Crippen molar-refractivity contribution < 1.29 is 13.7 Å². The molecule has 0 aliphatic carbocycles. The summed E-state index contributed by atoms with van der Waals surface area (Å²) in [5.74, 6) is -1.07. The number of hydrogen-bond donors (Lipinski definition) is 1. The van der Waals surface area contributed by atoms with Crippen LogP contribution in [-0.2, 0) is 14.1 Å². The van der Waals surface area contributed by atoms with Gasteiger partial charge in [-0.25, -0.2) is 18.1 Å². The van der Waals surface area contributed by atoms with Crippen LogP contribution >= 0.6 is 0 Å². The van der Waals surface area contributed by atoms with Crippen LogP contribution < -0.4 is 16.9 Å². The first-order chi connectivity index (χ1) is 16.0. The average molecular weight is 472 g/mol. The van der Waals surface area contributed by atoms with E-state index in [1.165, 1.54) is 58.3 Å². The van der Waals surface area contributed by atoms with Gasteiger partial charge in [-0.15, -0.1) is 0 Å². The molecular formula is C22H22F2N6O4. The van der Waals surface area contributed by atoms with Gasteiger partial charge in [0.05, 0.1) is 10.6 Å². The summed E-state index contributed by atoms with van der Waals surface area (Å²) in [6.07, 6.45) is 0. The maximum absolute atomic E-state index is 13.6. The fraction of sp³-hybridized carbons (Fsp3) is 0.182. The summed E-state index contributed by atoms with van der Waals surface area (Å²) < 4.78 is 32.2. The third-order valence-electron chi connectivity index (χ3n) is 5.46. The number of nitrogens with two attached hydrogens (primary N) is 1. The van der Waals surface area contributed by atoms with Crippen molar-refractivity contribution in [3.63, 3.8) is 0 Å². The number of rotatable bonds is 3. The highest BCUT2D eigenvalue weighted by molar-refractivity contribution is 5.45. The summed E-state index contributed by atoms with van der Waals surface area (Å²) in [7, 11) is 3.13. The molecule has 0 radical (unpaired) electrons. The van der Waals surface area contributed by atoms with Crippen molar-refractivity contribution in [1.82, 2.24) is 18.7 Å². The highest BCUT2D eigenvalue weighted by atomic mass is 19.1. The van der Waals surface area contributed by atoms with Crippen LogP contribution in [0.3, 0.4) is 0 Å². The Bertz CT molecular complexity index is 1510. The lowest BCUT2D eigenvalue weighted by Gasteiger charge is -2.08. The molecule has 0 spiro atoms. The fourth-order valence-electron chi connectivity index (χ4n) is 3.42. The van der Waals surface area contributed by atoms with Crippen LogP contribution in [0.4, 0.5) is 20.2 Å². The van der Waals surface area contributed by atoms with Gasteiger partial charge < -0.3 is 5.73 Å². The van der Waals surface area contributed by atoms with Crippen LogP contribution in [0.15, 0.2) is 58.1 Å². The number of benzene rings is 2. The zero-order valence-corrected chi connectivity index (χ0v) is 18.8. The maximum Gasteiger partial charge on any atom is 0.356 e. The number of hydrogen-bond acceptors (Lipinski definition) is 5. The zero-order valence-electron chi connectivity index (χ0n) is 18.8. The Kier molecular flexibility index (Phi) is 6.52. The standard InChI is InChI=1S/C11H10FN3O3.C11H12FN3O/c1-7-10(15(17)18)11(16)14(13(7)2)9-6-4-3-5-8(9)12;1-7-10(13)11(16)15(14(7)2)9-6-4-3-5-8(9)12/h3-6H,1-2H3;3-6H,13H2,1-2H3. The molecule has 0 fully saturated rings. The van der Waals surface area contributed by atoms with Crippen molar-refractivity contribution in [2.45, 2.75) is 13.8 Å². The van der Waals surface area contributed by atoms with Crippen LogP contribution in [0.5, 0.6) is 0 Å². The molecule has 0 unspecified atom stereocenters. The molecule has 12 heteroatoms. The summed E-state index contributed by atoms with van der Waals surface area (Å²) in [6, 6.07) is 11.7. The van der Waals surface area contributed by atoms with Crippen molar-refractivity contribution in [3.8, 4) is 11.4 Å². The second kappa shape index (κ2) is 9.17. The third kappa shape index (κ3) is 4.00. The van der Waals surface area contributed by atoms with E-state index in [1.54, 1.807) is 32.2 Å². The van der Waals surface area contributed by atoms with Gasteiger partial charge in [-0.2, -0.15) is 0 Å². The molecule has 0 bridgehead atoms. The molecule has 2 aromatic carbocycles. The molecule has 2 N–H and O–H groups in total. The molecule has 178 valence electrons. The van der Waals surface area contributed by atoms with Crippen molar-refractivity contribution in [1.29, 1.82) is 0 Å². The van der Waals surface area contributed by atoms with Gasteiger partial charge in [0.15, 0.2) is 0 Å². The predicted molar refractivity (Wildman–Crippen MR) is 122 cm³/mol. The van der Waals surface area contributed by atoms with Gasteiger partial charge >= 0.3 is 11.2 Å². The molecule has 2 aromatic heterocycles. The number of aromatic nitrogens is 4. The number of anilines is 1. The lowest BCUT2D eigenvalue weighted by Crippen LogP contribution is -2.21. The van der Waals surface area contributed by atoms with E-state index in [1.807, 2.05) is 0 Å². The molecule has 0 aliphatic heterocycles. The number of halogens is 2. The van der Waals surface area contributed by atoms with Gasteiger partial charge in [0, 0.05) is 14.1 Å². The Hall–Kier alpha value is -4.48. The van der Waals surface area contributed by atoms with Crippen molar-refractivity contribution in [3.05, 3.63) is 102 Å². The molecule has 2 heterocycles. The Labute approximate surface area is 191 Å². The van der Waals surface area contributed by atoms with Gasteiger partial charge in [0.25, 0.3) is 5.56 Å². The van der Waals surface area contributed by atoms with E-state index in [0.29, 0.717) is 5.69 Å². The van der Waals surface area contributed by atoms with E-state index in [-0.39, 0.29) is 22.8 Å². The van der Waals surface area contributed by atoms with Gasteiger partial charge in [-0.05, 0) is 38.1 Å². The summed E-state index contributed by atoms with van der Waals surface area (Å²) in [5, 5.41) is 10.8. The lowest BCUT2D eigenvalue weighted by atomic mass is 10.3. The Morgan fingerprint density at radius 2 is 1.21 bits per heavy atom. The van der Waals surface area contributed by atoms with Crippen LogP contribution in [0, 0.1) is 35.6 Å². The third-order valence-corrected chi connectivity index (χ3v) is 5.46. The molecule has 0 saturated heterocycles. The smallest absolute Gasteiger partial charge is 0.356 e. The summed E-state index contributed by atoms with van der Waals surface area (Å²) in [6.45, 7) is 3.16. The molecule has 0 atom stereocenters. The molecule has 10 nitrogen and oxygen atoms in total. The number of nitrogens with zero attached hydrogens (tertiary/aromatic N) is 5. The molecule has 34 heavy (non-hydrogen) atoms. The van der Waals surface area contributed by atoms with Gasteiger partial charge in [-0.3, -0.25) is 29.1 Å². The number of para-hydroxylation sites is 2. The maximum atomic E-state index is 13.6. The first-order valence-electron chi connectivity index (χ1n) is 9.95. The lowest BCUT2D eigenvalue weighted by molar-refractivity contribution is -0.386. The van der Waals surface area contributed by atoms with Gasteiger partial charge in [0.1, 0.15) is 34.4 Å². The quantitative estimate of drug-likeness (QED) is 0.363. The summed E-state index contributed by atoms with van der Waals surface area (Å²) in [4.78, 5) is 33.8. The number of nitro groups is 1. The highest BCUT2D eigenvalue weighted by Crippen LogP contribution is 2.17. The van der Waals surface area contributed by atoms with Crippen LogP contribution in [0.25, 0.3) is 11.4 Å². The second-order valence-corrected chi connectivity index (χ2v) is 7.37. The van der Waals surface area contributed by atoms with E-state index in [4.69, 9.17) is 5.73 Å². The highest BCUT2D eigenvalue weighted by Gasteiger charge is 2.26. The van der Waals surface area contributed by atoms with Crippen molar-refractivity contribution in [2.24, 2.45) is 14.1 Å². The molecule has 0 saturated carbocycles. The average Bonchev–Trinajstić information content (AvgIpc) is 3.13. The van der Waals surface area contributed by atoms with E-state index in [2.05, 4.69) is 0 Å². The topological polar surface area (TPSA) is 123 Å². The monoisotopic (exact) mass is 472 g/mol. The fourth-order valence-corrected chi connectivity index (χ4v) is 3.42. The van der Waals surface area contributed by atoms with Crippen molar-refractivity contribution >= 4 is 11.4 Å². The molecule has 0 aliphatic rings. The van der Waals surface area contributed by atoms with E-state index >= 15 is 0 Å². The summed E-state index contributed by atoms with van der Waals surface area (Å²) in [5.41, 5.74) is 4.96. The zero-order chi connectivity index (χ0) is 25.3. The van der Waals surface area contributed by atoms with Gasteiger partial charge in [0.2, 0.25) is 0 Å². The van der Waals surface area contributed by atoms with Gasteiger partial charge in [-0.1, -0.05) is 24.3 Å². The normalized spacial score (nSPS) is 10.6. The first kappa shape index (κ1) is 24.2. The predicted octanol–water partition coefficient (Wildman–Crippen LogP) is 2.74. The van der Waals surface area contributed by atoms with E-state index < -0.39 is 33.4 Å². The second-order valence-electron chi connectivity index (χ2n) is 7.37. The van der Waals surface area contributed by atoms with E-state index in [0.717, 1.165) is 4.68 Å². The minimum Gasteiger partial charge on any atom is -0.393 e. The van der Waals surface area contributed by atoms with E-state index in [9.17, 15) is 28.5 Å². The Balaban J connectivity index is 0.000000192. The van der Waals surface area contributed by atoms with Crippen molar-refractivity contribution in [2.75, 3.05) is 5.73 Å². The summed E-state index contributed by atoms with van der Waals surface area (Å²) >= 11 is 0. The first-order valence-corrected chi connectivity index (χ1v) is 9.95. The molecule has 4 rings (SSSR count). The Morgan fingerprint density at radius 1 is 0.794 bits per heavy atom. The number of nitrogen functional groups attached to an aromatic ring is 1. The Morgan fingerprint density at radius 3 is 1.56 bits per heavy atom. The van der Waals surface area contributed by atoms with Crippen LogP contribution in [0.2, 0.25) is 0 Å². The molecular weight excluding hydrogens is 450 g/mol. The minimum atomic E-state index is -0.842. The molecule has 0 amide bonds. The van der Waals surface area contributed by atoms with Crippen LogP contribution in [0.1, 0.15) is 11.4 Å². The van der Waals surface area contributed by atoms with Crippen LogP contribution in [-0.4, -0.2) is 23.7 Å². The largest absolute Gasteiger partial charge is 0.393 e. The molecule has 4 aromatic rings. The SMILES string of the molecule is Cc1c(N)c(=O)n(-c2ccccc2F)n1C.Cc1c([N+](=O)[O-])c(=O)n(-c2ccccc2F)n1C. The minimum absolute atomic E-state index is 0.0128.